The van der Waals surface area contributed by atoms with E-state index < -0.39 is 5.97 Å². The molecule has 4 nitrogen and oxygen atoms in total. The van der Waals surface area contributed by atoms with E-state index in [0.717, 1.165) is 12.2 Å². The number of hydrogen-bond acceptors (Lipinski definition) is 3. The smallest absolute Gasteiger partial charge is 0.354 e. The molecule has 0 atom stereocenters. The summed E-state index contributed by atoms with van der Waals surface area (Å²) in [6, 6.07) is 3.37. The number of anilines is 1. The molecule has 0 aromatic carbocycles. The molecule has 0 saturated heterocycles. The molecule has 0 amide bonds. The van der Waals surface area contributed by atoms with Gasteiger partial charge in [-0.1, -0.05) is 13.3 Å². The first-order valence-electron chi connectivity index (χ1n) is 5.52. The number of nitrogens with zero attached hydrogens (tertiary/aromatic N) is 1. The van der Waals surface area contributed by atoms with Gasteiger partial charge in [-0.3, -0.25) is 0 Å². The van der Waals surface area contributed by atoms with Crippen molar-refractivity contribution in [3.8, 4) is 0 Å². The zero-order valence-electron chi connectivity index (χ0n) is 9.36. The Morgan fingerprint density at radius 3 is 2.94 bits per heavy atom. The van der Waals surface area contributed by atoms with Crippen LogP contribution in [0.1, 0.15) is 36.7 Å². The first kappa shape index (κ1) is 10.9. The molecular weight excluding hydrogens is 204 g/mol. The Hall–Kier alpha value is -1.58. The number of hydrogen-bond donors (Lipinski definition) is 2. The fourth-order valence-electron chi connectivity index (χ4n) is 1.93. The molecule has 1 aromatic heterocycles. The van der Waals surface area contributed by atoms with Crippen LogP contribution in [0, 0.1) is 5.41 Å². The van der Waals surface area contributed by atoms with Crippen molar-refractivity contribution in [2.24, 2.45) is 5.41 Å². The van der Waals surface area contributed by atoms with E-state index in [1.165, 1.54) is 25.5 Å². The molecule has 1 heterocycles. The number of carboxylic acids is 1. The van der Waals surface area contributed by atoms with Crippen molar-refractivity contribution >= 4 is 11.7 Å². The predicted octanol–water partition coefficient (Wildman–Crippen LogP) is 2.38. The first-order valence-corrected chi connectivity index (χ1v) is 5.52. The van der Waals surface area contributed by atoms with Crippen LogP contribution in [0.25, 0.3) is 0 Å². The summed E-state index contributed by atoms with van der Waals surface area (Å²) in [4.78, 5) is 14.5. The highest BCUT2D eigenvalue weighted by Crippen LogP contribution is 2.40. The third-order valence-corrected chi connectivity index (χ3v) is 3.26. The molecular formula is C12H16N2O2. The second kappa shape index (κ2) is 4.12. The van der Waals surface area contributed by atoms with Crippen LogP contribution in [0.2, 0.25) is 0 Å². The van der Waals surface area contributed by atoms with Crippen molar-refractivity contribution in [1.82, 2.24) is 4.98 Å². The standard InChI is InChI=1S/C12H16N2O2/c1-12(4-2-5-12)8-14-9-3-6-13-10(7-9)11(15)16/h3,6-7H,2,4-5,8H2,1H3,(H,13,14)(H,15,16). The second-order valence-corrected chi connectivity index (χ2v) is 4.75. The van der Waals surface area contributed by atoms with Gasteiger partial charge in [-0.05, 0) is 30.4 Å². The average Bonchev–Trinajstić information content (AvgIpc) is 2.24. The highest BCUT2D eigenvalue weighted by atomic mass is 16.4. The van der Waals surface area contributed by atoms with Gasteiger partial charge in [0.15, 0.2) is 0 Å². The monoisotopic (exact) mass is 220 g/mol. The minimum absolute atomic E-state index is 0.0868. The van der Waals surface area contributed by atoms with Gasteiger partial charge in [-0.15, -0.1) is 0 Å². The molecule has 2 rings (SSSR count). The molecule has 2 N–H and O–H groups in total. The zero-order chi connectivity index (χ0) is 11.6. The Morgan fingerprint density at radius 2 is 2.38 bits per heavy atom. The van der Waals surface area contributed by atoms with Crippen LogP contribution in [0.15, 0.2) is 18.3 Å². The minimum Gasteiger partial charge on any atom is -0.477 e. The lowest BCUT2D eigenvalue weighted by molar-refractivity contribution is 0.0690. The summed E-state index contributed by atoms with van der Waals surface area (Å²) in [5, 5.41) is 12.1. The van der Waals surface area contributed by atoms with Crippen LogP contribution in [0.5, 0.6) is 0 Å². The molecule has 4 heteroatoms. The van der Waals surface area contributed by atoms with E-state index in [1.54, 1.807) is 12.1 Å². The third kappa shape index (κ3) is 2.32. The Balaban J connectivity index is 1.98. The maximum absolute atomic E-state index is 10.7. The van der Waals surface area contributed by atoms with E-state index in [4.69, 9.17) is 5.11 Å². The normalized spacial score (nSPS) is 17.6. The van der Waals surface area contributed by atoms with Gasteiger partial charge in [0.1, 0.15) is 5.69 Å². The van der Waals surface area contributed by atoms with Crippen molar-refractivity contribution in [3.63, 3.8) is 0 Å². The molecule has 0 aliphatic heterocycles. The summed E-state index contributed by atoms with van der Waals surface area (Å²) in [6.45, 7) is 3.15. The van der Waals surface area contributed by atoms with Crippen LogP contribution < -0.4 is 5.32 Å². The summed E-state index contributed by atoms with van der Waals surface area (Å²) in [6.07, 6.45) is 5.32. The summed E-state index contributed by atoms with van der Waals surface area (Å²) in [7, 11) is 0. The van der Waals surface area contributed by atoms with E-state index in [1.807, 2.05) is 0 Å². The van der Waals surface area contributed by atoms with E-state index >= 15 is 0 Å². The number of carboxylic acid groups (broad SMARTS) is 1. The summed E-state index contributed by atoms with van der Waals surface area (Å²) in [5.74, 6) is -0.987. The molecule has 0 bridgehead atoms. The molecule has 1 aromatic rings. The molecule has 1 aliphatic rings. The lowest BCUT2D eigenvalue weighted by atomic mass is 9.70. The fraction of sp³-hybridized carbons (Fsp3) is 0.500. The van der Waals surface area contributed by atoms with E-state index in [-0.39, 0.29) is 5.69 Å². The summed E-state index contributed by atoms with van der Waals surface area (Å²) in [5.41, 5.74) is 1.30. The fourth-order valence-corrected chi connectivity index (χ4v) is 1.93. The number of carbonyl (C=O) groups is 1. The Labute approximate surface area is 94.7 Å². The van der Waals surface area contributed by atoms with E-state index in [0.29, 0.717) is 5.41 Å². The molecule has 0 radical (unpaired) electrons. The van der Waals surface area contributed by atoms with Gasteiger partial charge < -0.3 is 10.4 Å². The topological polar surface area (TPSA) is 62.2 Å². The number of nitrogens with one attached hydrogen (secondary N) is 1. The van der Waals surface area contributed by atoms with E-state index in [2.05, 4.69) is 17.2 Å². The third-order valence-electron chi connectivity index (χ3n) is 3.26. The average molecular weight is 220 g/mol. The van der Waals surface area contributed by atoms with Crippen LogP contribution in [-0.4, -0.2) is 22.6 Å². The highest BCUT2D eigenvalue weighted by Gasteiger charge is 2.31. The number of aromatic carboxylic acids is 1. The van der Waals surface area contributed by atoms with Crippen LogP contribution in [-0.2, 0) is 0 Å². The van der Waals surface area contributed by atoms with Crippen molar-refractivity contribution in [2.45, 2.75) is 26.2 Å². The van der Waals surface area contributed by atoms with Crippen LogP contribution in [0.4, 0.5) is 5.69 Å². The molecule has 0 spiro atoms. The van der Waals surface area contributed by atoms with Gasteiger partial charge in [0.2, 0.25) is 0 Å². The second-order valence-electron chi connectivity index (χ2n) is 4.75. The zero-order valence-corrected chi connectivity index (χ0v) is 9.36. The Bertz CT molecular complexity index is 400. The molecule has 1 aliphatic carbocycles. The molecule has 1 fully saturated rings. The summed E-state index contributed by atoms with van der Waals surface area (Å²) < 4.78 is 0. The largest absolute Gasteiger partial charge is 0.477 e. The first-order chi connectivity index (χ1) is 7.59. The minimum atomic E-state index is -0.987. The van der Waals surface area contributed by atoms with Crippen LogP contribution in [0.3, 0.4) is 0 Å². The maximum atomic E-state index is 10.7. The SMILES string of the molecule is CC1(CNc2ccnc(C(=O)O)c2)CCC1. The van der Waals surface area contributed by atoms with Gasteiger partial charge in [0, 0.05) is 18.4 Å². The number of aromatic nitrogens is 1. The van der Waals surface area contributed by atoms with Gasteiger partial charge in [-0.25, -0.2) is 9.78 Å². The lowest BCUT2D eigenvalue weighted by Crippen LogP contribution is -2.33. The van der Waals surface area contributed by atoms with Gasteiger partial charge in [0.25, 0.3) is 0 Å². The number of pyridine rings is 1. The molecule has 16 heavy (non-hydrogen) atoms. The van der Waals surface area contributed by atoms with E-state index in [9.17, 15) is 4.79 Å². The Kier molecular flexibility index (Phi) is 2.81. The predicted molar refractivity (Wildman–Crippen MR) is 61.6 cm³/mol. The van der Waals surface area contributed by atoms with Crippen molar-refractivity contribution in [1.29, 1.82) is 0 Å². The quantitative estimate of drug-likeness (QED) is 0.817. The van der Waals surface area contributed by atoms with Crippen LogP contribution >= 0.6 is 0 Å². The van der Waals surface area contributed by atoms with Crippen molar-refractivity contribution in [2.75, 3.05) is 11.9 Å². The molecule has 86 valence electrons. The van der Waals surface area contributed by atoms with Gasteiger partial charge in [0.05, 0.1) is 0 Å². The van der Waals surface area contributed by atoms with Crippen molar-refractivity contribution < 1.29 is 9.90 Å². The molecule has 1 saturated carbocycles. The Morgan fingerprint density at radius 1 is 1.62 bits per heavy atom. The molecule has 0 unspecified atom stereocenters. The number of rotatable bonds is 4. The lowest BCUT2D eigenvalue weighted by Gasteiger charge is -2.38. The summed E-state index contributed by atoms with van der Waals surface area (Å²) >= 11 is 0. The maximum Gasteiger partial charge on any atom is 0.354 e. The van der Waals surface area contributed by atoms with Crippen molar-refractivity contribution in [3.05, 3.63) is 24.0 Å². The van der Waals surface area contributed by atoms with Gasteiger partial charge >= 0.3 is 5.97 Å². The highest BCUT2D eigenvalue weighted by molar-refractivity contribution is 5.86. The van der Waals surface area contributed by atoms with Gasteiger partial charge in [-0.2, -0.15) is 0 Å².